The molecule has 2 fully saturated rings. The molecule has 23 heavy (non-hydrogen) atoms. The first-order valence-corrected chi connectivity index (χ1v) is 8.29. The quantitative estimate of drug-likeness (QED) is 0.880. The molecule has 1 aliphatic heterocycles. The molecule has 3 rings (SSSR count). The minimum absolute atomic E-state index is 0.0207. The highest BCUT2D eigenvalue weighted by Crippen LogP contribution is 2.24. The predicted octanol–water partition coefficient (Wildman–Crippen LogP) is 1.41. The second kappa shape index (κ2) is 7.27. The SMILES string of the molecule is NC1CCCC1C(=O)NCc1ccc(N2CCOCC2)c(F)c1. The van der Waals surface area contributed by atoms with E-state index in [2.05, 4.69) is 5.32 Å². The number of hydrogen-bond acceptors (Lipinski definition) is 4. The van der Waals surface area contributed by atoms with Crippen LogP contribution in [-0.2, 0) is 16.1 Å². The zero-order valence-electron chi connectivity index (χ0n) is 13.3. The lowest BCUT2D eigenvalue weighted by Gasteiger charge is -2.29. The second-order valence-corrected chi connectivity index (χ2v) is 6.30. The van der Waals surface area contributed by atoms with Crippen molar-refractivity contribution in [1.29, 1.82) is 0 Å². The average molecular weight is 321 g/mol. The van der Waals surface area contributed by atoms with E-state index in [1.165, 1.54) is 6.07 Å². The number of amides is 1. The Hall–Kier alpha value is -1.66. The van der Waals surface area contributed by atoms with Gasteiger partial charge in [0.05, 0.1) is 24.8 Å². The molecule has 0 radical (unpaired) electrons. The van der Waals surface area contributed by atoms with Gasteiger partial charge in [0, 0.05) is 25.7 Å². The van der Waals surface area contributed by atoms with Gasteiger partial charge in [-0.3, -0.25) is 4.79 Å². The summed E-state index contributed by atoms with van der Waals surface area (Å²) in [6.07, 6.45) is 2.75. The summed E-state index contributed by atoms with van der Waals surface area (Å²) < 4.78 is 19.6. The maximum atomic E-state index is 14.3. The molecule has 1 aromatic carbocycles. The van der Waals surface area contributed by atoms with Crippen LogP contribution in [0, 0.1) is 11.7 Å². The molecule has 6 heteroatoms. The van der Waals surface area contributed by atoms with Gasteiger partial charge in [-0.2, -0.15) is 0 Å². The molecule has 1 saturated heterocycles. The number of morpholine rings is 1. The Balaban J connectivity index is 1.58. The lowest BCUT2D eigenvalue weighted by molar-refractivity contribution is -0.125. The Morgan fingerprint density at radius 1 is 1.35 bits per heavy atom. The number of nitrogens with two attached hydrogens (primary N) is 1. The van der Waals surface area contributed by atoms with Crippen molar-refractivity contribution in [3.05, 3.63) is 29.6 Å². The number of hydrogen-bond donors (Lipinski definition) is 2. The van der Waals surface area contributed by atoms with Crippen molar-refractivity contribution in [2.24, 2.45) is 11.7 Å². The van der Waals surface area contributed by atoms with Crippen LogP contribution in [0.25, 0.3) is 0 Å². The van der Waals surface area contributed by atoms with E-state index >= 15 is 0 Å². The number of halogens is 1. The third-order valence-corrected chi connectivity index (χ3v) is 4.74. The number of carbonyl (C=O) groups excluding carboxylic acids is 1. The van der Waals surface area contributed by atoms with Crippen LogP contribution in [0.4, 0.5) is 10.1 Å². The predicted molar refractivity (Wildman–Crippen MR) is 86.6 cm³/mol. The summed E-state index contributed by atoms with van der Waals surface area (Å²) in [7, 11) is 0. The maximum absolute atomic E-state index is 14.3. The molecule has 2 unspecified atom stereocenters. The molecule has 2 atom stereocenters. The Kier molecular flexibility index (Phi) is 5.13. The molecule has 126 valence electrons. The van der Waals surface area contributed by atoms with E-state index < -0.39 is 0 Å². The molecule has 0 aromatic heterocycles. The standard InChI is InChI=1S/C17H24FN3O2/c18-14-10-12(4-5-16(14)21-6-8-23-9-7-21)11-20-17(22)13-2-1-3-15(13)19/h4-5,10,13,15H,1-3,6-9,11,19H2,(H,20,22). The van der Waals surface area contributed by atoms with Gasteiger partial charge >= 0.3 is 0 Å². The second-order valence-electron chi connectivity index (χ2n) is 6.30. The average Bonchev–Trinajstić information content (AvgIpc) is 3.00. The lowest BCUT2D eigenvalue weighted by atomic mass is 10.0. The highest BCUT2D eigenvalue weighted by molar-refractivity contribution is 5.79. The van der Waals surface area contributed by atoms with E-state index in [0.717, 1.165) is 24.8 Å². The first-order chi connectivity index (χ1) is 11.1. The van der Waals surface area contributed by atoms with Gasteiger partial charge in [0.25, 0.3) is 0 Å². The van der Waals surface area contributed by atoms with Crippen LogP contribution in [0.15, 0.2) is 18.2 Å². The molecule has 5 nitrogen and oxygen atoms in total. The van der Waals surface area contributed by atoms with Crippen molar-refractivity contribution in [3.8, 4) is 0 Å². The molecule has 3 N–H and O–H groups in total. The van der Waals surface area contributed by atoms with Gasteiger partial charge in [-0.05, 0) is 30.5 Å². The van der Waals surface area contributed by atoms with Gasteiger partial charge in [-0.1, -0.05) is 12.5 Å². The number of anilines is 1. The monoisotopic (exact) mass is 321 g/mol. The van der Waals surface area contributed by atoms with Crippen molar-refractivity contribution in [2.45, 2.75) is 31.8 Å². The van der Waals surface area contributed by atoms with E-state index in [-0.39, 0.29) is 23.7 Å². The summed E-state index contributed by atoms with van der Waals surface area (Å²) in [6.45, 7) is 2.99. The lowest BCUT2D eigenvalue weighted by Crippen LogP contribution is -2.38. The zero-order valence-corrected chi connectivity index (χ0v) is 13.3. The highest BCUT2D eigenvalue weighted by atomic mass is 19.1. The zero-order chi connectivity index (χ0) is 16.2. The van der Waals surface area contributed by atoms with Crippen LogP contribution in [-0.4, -0.2) is 38.3 Å². The fourth-order valence-corrected chi connectivity index (χ4v) is 3.36. The minimum Gasteiger partial charge on any atom is -0.378 e. The molecule has 1 saturated carbocycles. The fourth-order valence-electron chi connectivity index (χ4n) is 3.36. The molecule has 1 aliphatic carbocycles. The topological polar surface area (TPSA) is 67.6 Å². The largest absolute Gasteiger partial charge is 0.378 e. The van der Waals surface area contributed by atoms with E-state index in [1.54, 1.807) is 6.07 Å². The van der Waals surface area contributed by atoms with Gasteiger partial charge in [-0.15, -0.1) is 0 Å². The molecular weight excluding hydrogens is 297 g/mol. The molecule has 2 aliphatic rings. The van der Waals surface area contributed by atoms with E-state index in [9.17, 15) is 9.18 Å². The van der Waals surface area contributed by atoms with Crippen LogP contribution >= 0.6 is 0 Å². The number of ether oxygens (including phenoxy) is 1. The van der Waals surface area contributed by atoms with Gasteiger partial charge < -0.3 is 20.7 Å². The Morgan fingerprint density at radius 2 is 2.13 bits per heavy atom. The highest BCUT2D eigenvalue weighted by Gasteiger charge is 2.29. The van der Waals surface area contributed by atoms with Crippen LogP contribution in [0.1, 0.15) is 24.8 Å². The van der Waals surface area contributed by atoms with Crippen molar-refractivity contribution in [1.82, 2.24) is 5.32 Å². The summed E-state index contributed by atoms with van der Waals surface area (Å²) in [4.78, 5) is 14.1. The molecule has 1 aromatic rings. The first-order valence-electron chi connectivity index (χ1n) is 8.29. The van der Waals surface area contributed by atoms with Gasteiger partial charge in [0.2, 0.25) is 5.91 Å². The Morgan fingerprint density at radius 3 is 2.78 bits per heavy atom. The van der Waals surface area contributed by atoms with Crippen LogP contribution in [0.5, 0.6) is 0 Å². The summed E-state index contributed by atoms with van der Waals surface area (Å²) in [5.74, 6) is -0.378. The van der Waals surface area contributed by atoms with Crippen LogP contribution in [0.3, 0.4) is 0 Å². The number of nitrogens with one attached hydrogen (secondary N) is 1. The number of carbonyl (C=O) groups is 1. The van der Waals surface area contributed by atoms with Gasteiger partial charge in [0.15, 0.2) is 0 Å². The molecular formula is C17H24FN3O2. The Labute approximate surface area is 136 Å². The van der Waals surface area contributed by atoms with E-state index in [0.29, 0.717) is 38.5 Å². The fraction of sp³-hybridized carbons (Fsp3) is 0.588. The van der Waals surface area contributed by atoms with Crippen LogP contribution < -0.4 is 16.0 Å². The van der Waals surface area contributed by atoms with Crippen LogP contribution in [0.2, 0.25) is 0 Å². The van der Waals surface area contributed by atoms with Gasteiger partial charge in [-0.25, -0.2) is 4.39 Å². The summed E-state index contributed by atoms with van der Waals surface area (Å²) in [5, 5.41) is 2.88. The Bertz CT molecular complexity index is 561. The smallest absolute Gasteiger partial charge is 0.224 e. The molecule has 0 bridgehead atoms. The van der Waals surface area contributed by atoms with Gasteiger partial charge in [0.1, 0.15) is 5.82 Å². The first kappa shape index (κ1) is 16.2. The molecule has 1 amide bonds. The number of benzene rings is 1. The third-order valence-electron chi connectivity index (χ3n) is 4.74. The number of nitrogens with zero attached hydrogens (tertiary/aromatic N) is 1. The molecule has 0 spiro atoms. The normalized spacial score (nSPS) is 24.7. The number of rotatable bonds is 4. The maximum Gasteiger partial charge on any atom is 0.224 e. The molecule has 1 heterocycles. The van der Waals surface area contributed by atoms with Crippen molar-refractivity contribution in [3.63, 3.8) is 0 Å². The summed E-state index contributed by atoms with van der Waals surface area (Å²) >= 11 is 0. The summed E-state index contributed by atoms with van der Waals surface area (Å²) in [5.41, 5.74) is 7.30. The van der Waals surface area contributed by atoms with Crippen molar-refractivity contribution < 1.29 is 13.9 Å². The van der Waals surface area contributed by atoms with E-state index in [1.807, 2.05) is 11.0 Å². The van der Waals surface area contributed by atoms with Crippen molar-refractivity contribution >= 4 is 11.6 Å². The van der Waals surface area contributed by atoms with Crippen molar-refractivity contribution in [2.75, 3.05) is 31.2 Å². The van der Waals surface area contributed by atoms with E-state index in [4.69, 9.17) is 10.5 Å². The summed E-state index contributed by atoms with van der Waals surface area (Å²) in [6, 6.07) is 5.10. The third kappa shape index (κ3) is 3.82. The minimum atomic E-state index is -0.254.